The van der Waals surface area contributed by atoms with Crippen LogP contribution in [-0.2, 0) is 16.0 Å². The van der Waals surface area contributed by atoms with Crippen LogP contribution in [0.1, 0.15) is 32.3 Å². The predicted octanol–water partition coefficient (Wildman–Crippen LogP) is 2.07. The monoisotopic (exact) mass is 305 g/mol. The second-order valence-corrected chi connectivity index (χ2v) is 6.42. The molecule has 2 aliphatic rings. The standard InChI is InChI=1S/C17H23NO4/c1-17(2)11-12-5-3-6-13(15(12)22-17)21-10-8-18-16(19)14-7-4-9-20-14/h3,5-6,14H,4,7-11H2,1-2H3,(H,18,19)/t14-/m0/s1. The van der Waals surface area contributed by atoms with E-state index in [1.54, 1.807) is 0 Å². The molecular weight excluding hydrogens is 282 g/mol. The molecule has 1 amide bonds. The van der Waals surface area contributed by atoms with E-state index >= 15 is 0 Å². The summed E-state index contributed by atoms with van der Waals surface area (Å²) in [6.45, 7) is 5.69. The zero-order valence-corrected chi connectivity index (χ0v) is 13.2. The summed E-state index contributed by atoms with van der Waals surface area (Å²) in [4.78, 5) is 11.8. The molecule has 2 heterocycles. The van der Waals surface area contributed by atoms with E-state index < -0.39 is 0 Å². The number of fused-ring (bicyclic) bond motifs is 1. The fourth-order valence-electron chi connectivity index (χ4n) is 2.93. The lowest BCUT2D eigenvalue weighted by molar-refractivity contribution is -0.130. The molecular formula is C17H23NO4. The largest absolute Gasteiger partial charge is 0.488 e. The Morgan fingerprint density at radius 2 is 2.32 bits per heavy atom. The van der Waals surface area contributed by atoms with Crippen LogP contribution in [0.4, 0.5) is 0 Å². The second kappa shape index (κ2) is 6.16. The van der Waals surface area contributed by atoms with Crippen molar-refractivity contribution >= 4 is 5.91 Å². The lowest BCUT2D eigenvalue weighted by atomic mass is 10.0. The molecule has 1 N–H and O–H groups in total. The van der Waals surface area contributed by atoms with Gasteiger partial charge in [-0.2, -0.15) is 0 Å². The molecule has 0 unspecified atom stereocenters. The first kappa shape index (κ1) is 15.2. The third-order valence-corrected chi connectivity index (χ3v) is 3.94. The Labute approximate surface area is 130 Å². The highest BCUT2D eigenvalue weighted by molar-refractivity contribution is 5.80. The van der Waals surface area contributed by atoms with Crippen LogP contribution >= 0.6 is 0 Å². The molecule has 5 heteroatoms. The van der Waals surface area contributed by atoms with Gasteiger partial charge in [-0.05, 0) is 32.8 Å². The average molecular weight is 305 g/mol. The van der Waals surface area contributed by atoms with Gasteiger partial charge in [0, 0.05) is 18.6 Å². The number of para-hydroxylation sites is 1. The molecule has 0 bridgehead atoms. The Morgan fingerprint density at radius 3 is 3.09 bits per heavy atom. The van der Waals surface area contributed by atoms with Crippen LogP contribution in [0.25, 0.3) is 0 Å². The molecule has 1 saturated heterocycles. The van der Waals surface area contributed by atoms with Crippen LogP contribution in [0.5, 0.6) is 11.5 Å². The van der Waals surface area contributed by atoms with Gasteiger partial charge in [0.1, 0.15) is 18.3 Å². The van der Waals surface area contributed by atoms with E-state index in [0.717, 1.165) is 30.8 Å². The molecule has 0 aliphatic carbocycles. The van der Waals surface area contributed by atoms with Gasteiger partial charge in [0.25, 0.3) is 0 Å². The van der Waals surface area contributed by atoms with Gasteiger partial charge in [-0.3, -0.25) is 4.79 Å². The molecule has 0 radical (unpaired) electrons. The Hall–Kier alpha value is -1.75. The van der Waals surface area contributed by atoms with Crippen LogP contribution in [0, 0.1) is 0 Å². The van der Waals surface area contributed by atoms with Crippen molar-refractivity contribution in [2.24, 2.45) is 0 Å². The van der Waals surface area contributed by atoms with Crippen molar-refractivity contribution in [3.8, 4) is 11.5 Å². The number of carbonyl (C=O) groups is 1. The quantitative estimate of drug-likeness (QED) is 0.846. The zero-order valence-electron chi connectivity index (χ0n) is 13.2. The van der Waals surface area contributed by atoms with Crippen LogP contribution in [0.15, 0.2) is 18.2 Å². The van der Waals surface area contributed by atoms with E-state index in [9.17, 15) is 4.79 Å². The molecule has 0 spiro atoms. The smallest absolute Gasteiger partial charge is 0.249 e. The highest BCUT2D eigenvalue weighted by Gasteiger charge is 2.32. The minimum atomic E-state index is -0.287. The highest BCUT2D eigenvalue weighted by atomic mass is 16.5. The fraction of sp³-hybridized carbons (Fsp3) is 0.588. The summed E-state index contributed by atoms with van der Waals surface area (Å²) in [7, 11) is 0. The molecule has 1 fully saturated rings. The summed E-state index contributed by atoms with van der Waals surface area (Å²) in [5.74, 6) is 1.53. The number of amides is 1. The van der Waals surface area contributed by atoms with E-state index in [-0.39, 0.29) is 17.6 Å². The number of hydrogen-bond donors (Lipinski definition) is 1. The van der Waals surface area contributed by atoms with Crippen LogP contribution in [-0.4, -0.2) is 37.4 Å². The molecule has 0 aromatic heterocycles. The number of carbonyl (C=O) groups excluding carboxylic acids is 1. The van der Waals surface area contributed by atoms with Gasteiger partial charge in [0.2, 0.25) is 5.91 Å². The van der Waals surface area contributed by atoms with Crippen LogP contribution in [0.2, 0.25) is 0 Å². The van der Waals surface area contributed by atoms with Crippen molar-refractivity contribution in [3.63, 3.8) is 0 Å². The molecule has 0 saturated carbocycles. The molecule has 1 aromatic rings. The minimum absolute atomic E-state index is 0.0447. The van der Waals surface area contributed by atoms with E-state index in [0.29, 0.717) is 19.8 Å². The second-order valence-electron chi connectivity index (χ2n) is 6.42. The van der Waals surface area contributed by atoms with E-state index in [1.165, 1.54) is 5.56 Å². The van der Waals surface area contributed by atoms with Crippen molar-refractivity contribution in [1.82, 2.24) is 5.32 Å². The minimum Gasteiger partial charge on any atom is -0.488 e. The maximum atomic E-state index is 11.8. The number of nitrogens with one attached hydrogen (secondary N) is 1. The Bertz CT molecular complexity index is 550. The SMILES string of the molecule is CC1(C)Cc2cccc(OCCNC(=O)[C@@H]3CCCO3)c2O1. The van der Waals surface area contributed by atoms with Crippen LogP contribution in [0.3, 0.4) is 0 Å². The van der Waals surface area contributed by atoms with E-state index in [1.807, 2.05) is 12.1 Å². The van der Waals surface area contributed by atoms with Crippen molar-refractivity contribution in [2.75, 3.05) is 19.8 Å². The first-order valence-electron chi connectivity index (χ1n) is 7.88. The van der Waals surface area contributed by atoms with Gasteiger partial charge in [-0.25, -0.2) is 0 Å². The molecule has 2 aliphatic heterocycles. The normalized spacial score (nSPS) is 22.0. The Balaban J connectivity index is 1.49. The Morgan fingerprint density at radius 1 is 1.45 bits per heavy atom. The fourth-order valence-corrected chi connectivity index (χ4v) is 2.93. The highest BCUT2D eigenvalue weighted by Crippen LogP contribution is 2.41. The first-order chi connectivity index (χ1) is 10.6. The zero-order chi connectivity index (χ0) is 15.6. The average Bonchev–Trinajstić information content (AvgIpc) is 3.09. The molecule has 120 valence electrons. The van der Waals surface area contributed by atoms with Crippen molar-refractivity contribution < 1.29 is 19.0 Å². The number of benzene rings is 1. The van der Waals surface area contributed by atoms with Gasteiger partial charge in [-0.15, -0.1) is 0 Å². The summed E-state index contributed by atoms with van der Waals surface area (Å²) >= 11 is 0. The third kappa shape index (κ3) is 3.35. The van der Waals surface area contributed by atoms with Gasteiger partial charge < -0.3 is 19.5 Å². The topological polar surface area (TPSA) is 56.8 Å². The molecule has 5 nitrogen and oxygen atoms in total. The Kier molecular flexibility index (Phi) is 4.25. The summed E-state index contributed by atoms with van der Waals surface area (Å²) in [5, 5.41) is 2.85. The summed E-state index contributed by atoms with van der Waals surface area (Å²) < 4.78 is 17.1. The number of rotatable bonds is 5. The van der Waals surface area contributed by atoms with E-state index in [2.05, 4.69) is 25.2 Å². The first-order valence-corrected chi connectivity index (χ1v) is 7.88. The van der Waals surface area contributed by atoms with Gasteiger partial charge in [0.15, 0.2) is 11.5 Å². The van der Waals surface area contributed by atoms with Crippen LogP contribution < -0.4 is 14.8 Å². The van der Waals surface area contributed by atoms with E-state index in [4.69, 9.17) is 14.2 Å². The van der Waals surface area contributed by atoms with Crippen molar-refractivity contribution in [3.05, 3.63) is 23.8 Å². The number of ether oxygens (including phenoxy) is 3. The third-order valence-electron chi connectivity index (χ3n) is 3.94. The van der Waals surface area contributed by atoms with Crippen molar-refractivity contribution in [2.45, 2.75) is 44.8 Å². The maximum Gasteiger partial charge on any atom is 0.249 e. The maximum absolute atomic E-state index is 11.8. The summed E-state index contributed by atoms with van der Waals surface area (Å²) in [6, 6.07) is 5.95. The molecule has 1 atom stereocenters. The number of hydrogen-bond acceptors (Lipinski definition) is 4. The summed E-state index contributed by atoms with van der Waals surface area (Å²) in [6.07, 6.45) is 2.36. The molecule has 22 heavy (non-hydrogen) atoms. The van der Waals surface area contributed by atoms with Gasteiger partial charge >= 0.3 is 0 Å². The molecule has 3 rings (SSSR count). The van der Waals surface area contributed by atoms with Gasteiger partial charge in [-0.1, -0.05) is 12.1 Å². The lowest BCUT2D eigenvalue weighted by Crippen LogP contribution is -2.36. The lowest BCUT2D eigenvalue weighted by Gasteiger charge is -2.18. The summed E-state index contributed by atoms with van der Waals surface area (Å²) in [5.41, 5.74) is 0.987. The molecule has 1 aromatic carbocycles. The predicted molar refractivity (Wildman–Crippen MR) is 82.3 cm³/mol. The van der Waals surface area contributed by atoms with Gasteiger partial charge in [0.05, 0.1) is 6.54 Å². The van der Waals surface area contributed by atoms with Crippen molar-refractivity contribution in [1.29, 1.82) is 0 Å².